The zero-order chi connectivity index (χ0) is 15.9. The van der Waals surface area contributed by atoms with E-state index < -0.39 is 27.4 Å². The van der Waals surface area contributed by atoms with Crippen molar-refractivity contribution >= 4 is 26.9 Å². The first kappa shape index (κ1) is 14.2. The highest BCUT2D eigenvalue weighted by Gasteiger charge is 2.30. The Morgan fingerprint density at radius 3 is 2.18 bits per heavy atom. The fourth-order valence-electron chi connectivity index (χ4n) is 2.33. The molecule has 3 rings (SSSR count). The van der Waals surface area contributed by atoms with Crippen molar-refractivity contribution < 1.29 is 23.4 Å². The molecule has 0 aliphatic carbocycles. The molecule has 3 aromatic rings. The molecule has 2 aromatic carbocycles. The Bertz CT molecular complexity index is 974. The third-order valence-corrected chi connectivity index (χ3v) is 5.02. The summed E-state index contributed by atoms with van der Waals surface area (Å²) < 4.78 is 26.2. The summed E-state index contributed by atoms with van der Waals surface area (Å²) >= 11 is 0. The first-order valence-electron chi connectivity index (χ1n) is 6.31. The van der Waals surface area contributed by atoms with Gasteiger partial charge < -0.3 is 10.2 Å². The van der Waals surface area contributed by atoms with Crippen LogP contribution >= 0.6 is 0 Å². The third-order valence-electron chi connectivity index (χ3n) is 3.29. The van der Waals surface area contributed by atoms with E-state index in [0.29, 0.717) is 3.97 Å². The molecule has 0 spiro atoms. The molecule has 6 nitrogen and oxygen atoms in total. The molecule has 0 saturated carbocycles. The molecule has 0 aliphatic heterocycles. The first-order chi connectivity index (χ1) is 10.4. The van der Waals surface area contributed by atoms with Crippen molar-refractivity contribution in [1.29, 1.82) is 0 Å². The van der Waals surface area contributed by atoms with Gasteiger partial charge in [-0.15, -0.1) is 0 Å². The summed E-state index contributed by atoms with van der Waals surface area (Å²) in [7, 11) is -4.14. The molecular weight excluding hydrogens is 306 g/mol. The monoisotopic (exact) mass is 317 g/mol. The highest BCUT2D eigenvalue weighted by atomic mass is 32.2. The number of hydrogen-bond donors (Lipinski definition) is 2. The molecule has 0 atom stereocenters. The number of fused-ring (bicyclic) bond motifs is 1. The zero-order valence-corrected chi connectivity index (χ0v) is 12.0. The third kappa shape index (κ3) is 1.94. The molecule has 0 saturated heterocycles. The summed E-state index contributed by atoms with van der Waals surface area (Å²) in [6, 6.07) is 13.5. The van der Waals surface area contributed by atoms with E-state index in [1.54, 1.807) is 30.3 Å². The number of benzene rings is 2. The Kier molecular flexibility index (Phi) is 3.14. The lowest BCUT2D eigenvalue weighted by atomic mass is 10.2. The summed E-state index contributed by atoms with van der Waals surface area (Å²) in [6.07, 6.45) is 0. The average molecular weight is 317 g/mol. The topological polar surface area (TPSA) is 96.6 Å². The van der Waals surface area contributed by atoms with Crippen LogP contribution in [0.25, 0.3) is 10.9 Å². The maximum Gasteiger partial charge on any atom is 0.357 e. The van der Waals surface area contributed by atoms with Crippen LogP contribution in [0, 0.1) is 0 Å². The molecule has 2 N–H and O–H groups in total. The Hall–Kier alpha value is -2.80. The van der Waals surface area contributed by atoms with Crippen LogP contribution in [-0.4, -0.2) is 28.6 Å². The Morgan fingerprint density at radius 1 is 0.955 bits per heavy atom. The summed E-state index contributed by atoms with van der Waals surface area (Å²) in [6.45, 7) is 0. The van der Waals surface area contributed by atoms with Gasteiger partial charge in [0.15, 0.2) is 11.4 Å². The van der Waals surface area contributed by atoms with Gasteiger partial charge in [-0.3, -0.25) is 0 Å². The van der Waals surface area contributed by atoms with Gasteiger partial charge >= 0.3 is 5.97 Å². The molecule has 7 heteroatoms. The number of aromatic hydroxyl groups is 1. The van der Waals surface area contributed by atoms with Crippen LogP contribution in [0.3, 0.4) is 0 Å². The molecule has 22 heavy (non-hydrogen) atoms. The van der Waals surface area contributed by atoms with Gasteiger partial charge in [-0.2, -0.15) is 0 Å². The number of aromatic nitrogens is 1. The van der Waals surface area contributed by atoms with Gasteiger partial charge in [0, 0.05) is 5.39 Å². The number of hydrogen-bond acceptors (Lipinski definition) is 4. The van der Waals surface area contributed by atoms with Crippen LogP contribution in [0.1, 0.15) is 10.5 Å². The first-order valence-corrected chi connectivity index (χ1v) is 7.75. The van der Waals surface area contributed by atoms with Crippen LogP contribution in [0.2, 0.25) is 0 Å². The standard InChI is InChI=1S/C15H11NO5S/c17-14-11-8-4-5-9-12(11)16(13(14)15(18)19)22(20,21)10-6-2-1-3-7-10/h1-9,17H,(H,18,19). The second-order valence-corrected chi connectivity index (χ2v) is 6.39. The molecule has 1 aromatic heterocycles. The highest BCUT2D eigenvalue weighted by Crippen LogP contribution is 2.34. The van der Waals surface area contributed by atoms with Crippen LogP contribution < -0.4 is 0 Å². The van der Waals surface area contributed by atoms with E-state index in [1.165, 1.54) is 24.3 Å². The van der Waals surface area contributed by atoms with Gasteiger partial charge in [0.25, 0.3) is 10.0 Å². The Labute approximate surface area is 125 Å². The quantitative estimate of drug-likeness (QED) is 0.772. The fourth-order valence-corrected chi connectivity index (χ4v) is 3.87. The van der Waals surface area contributed by atoms with Crippen LogP contribution in [0.4, 0.5) is 0 Å². The number of carbonyl (C=O) groups is 1. The fraction of sp³-hybridized carbons (Fsp3) is 0. The molecule has 0 fully saturated rings. The number of nitrogens with zero attached hydrogens (tertiary/aromatic N) is 1. The maximum atomic E-state index is 12.8. The molecule has 1 heterocycles. The second kappa shape index (κ2) is 4.88. The minimum atomic E-state index is -4.14. The molecular formula is C15H11NO5S. The minimum absolute atomic E-state index is 0.0572. The minimum Gasteiger partial charge on any atom is -0.505 e. The normalized spacial score (nSPS) is 11.6. The molecule has 0 unspecified atom stereocenters. The van der Waals surface area contributed by atoms with Crippen molar-refractivity contribution in [2.45, 2.75) is 4.90 Å². The maximum absolute atomic E-state index is 12.8. The molecule has 0 bridgehead atoms. The van der Waals surface area contributed by atoms with Gasteiger partial charge in [-0.1, -0.05) is 30.3 Å². The number of carboxylic acids is 1. The van der Waals surface area contributed by atoms with Crippen molar-refractivity contribution in [3.63, 3.8) is 0 Å². The number of rotatable bonds is 3. The van der Waals surface area contributed by atoms with Crippen LogP contribution in [-0.2, 0) is 10.0 Å². The molecule has 0 aliphatic rings. The van der Waals surface area contributed by atoms with E-state index in [4.69, 9.17) is 0 Å². The van der Waals surface area contributed by atoms with Gasteiger partial charge in [-0.05, 0) is 24.3 Å². The summed E-state index contributed by atoms with van der Waals surface area (Å²) in [5.74, 6) is -2.09. The van der Waals surface area contributed by atoms with Crippen molar-refractivity contribution in [3.8, 4) is 5.75 Å². The van der Waals surface area contributed by atoms with E-state index >= 15 is 0 Å². The molecule has 112 valence electrons. The zero-order valence-electron chi connectivity index (χ0n) is 11.2. The highest BCUT2D eigenvalue weighted by molar-refractivity contribution is 7.90. The second-order valence-electron chi connectivity index (χ2n) is 4.60. The summed E-state index contributed by atoms with van der Waals surface area (Å²) in [5, 5.41) is 19.6. The SMILES string of the molecule is O=C(O)c1c(O)c2ccccc2n1S(=O)(=O)c1ccccc1. The van der Waals surface area contributed by atoms with E-state index in [9.17, 15) is 23.4 Å². The summed E-state index contributed by atoms with van der Waals surface area (Å²) in [4.78, 5) is 11.4. The average Bonchev–Trinajstić information content (AvgIpc) is 2.82. The Balaban J connectivity index is 2.45. The van der Waals surface area contributed by atoms with Crippen molar-refractivity contribution in [3.05, 3.63) is 60.3 Å². The van der Waals surface area contributed by atoms with Crippen molar-refractivity contribution in [1.82, 2.24) is 3.97 Å². The lowest BCUT2D eigenvalue weighted by Gasteiger charge is -2.09. The van der Waals surface area contributed by atoms with Crippen molar-refractivity contribution in [2.75, 3.05) is 0 Å². The smallest absolute Gasteiger partial charge is 0.357 e. The van der Waals surface area contributed by atoms with E-state index in [1.807, 2.05) is 0 Å². The lowest BCUT2D eigenvalue weighted by molar-refractivity contribution is 0.0686. The van der Waals surface area contributed by atoms with Crippen molar-refractivity contribution in [2.24, 2.45) is 0 Å². The number of aromatic carboxylic acids is 1. The largest absolute Gasteiger partial charge is 0.505 e. The van der Waals surface area contributed by atoms with E-state index in [2.05, 4.69) is 0 Å². The van der Waals surface area contributed by atoms with Gasteiger partial charge in [-0.25, -0.2) is 17.2 Å². The molecule has 0 amide bonds. The summed E-state index contributed by atoms with van der Waals surface area (Å²) in [5.41, 5.74) is -0.564. The predicted molar refractivity (Wildman–Crippen MR) is 79.6 cm³/mol. The lowest BCUT2D eigenvalue weighted by Crippen LogP contribution is -2.18. The van der Waals surface area contributed by atoms with Crippen LogP contribution in [0.15, 0.2) is 59.5 Å². The Morgan fingerprint density at radius 2 is 1.55 bits per heavy atom. The van der Waals surface area contributed by atoms with E-state index in [0.717, 1.165) is 0 Å². The van der Waals surface area contributed by atoms with Gasteiger partial charge in [0.1, 0.15) is 0 Å². The number of carboxylic acid groups (broad SMARTS) is 1. The van der Waals surface area contributed by atoms with Gasteiger partial charge in [0.05, 0.1) is 10.4 Å². The predicted octanol–water partition coefficient (Wildman–Crippen LogP) is 2.28. The van der Waals surface area contributed by atoms with Crippen LogP contribution in [0.5, 0.6) is 5.75 Å². The van der Waals surface area contributed by atoms with E-state index in [-0.39, 0.29) is 15.8 Å². The van der Waals surface area contributed by atoms with Gasteiger partial charge in [0.2, 0.25) is 0 Å². The number of para-hydroxylation sites is 1. The molecule has 0 radical (unpaired) electrons.